The van der Waals surface area contributed by atoms with Crippen molar-refractivity contribution in [3.63, 3.8) is 0 Å². The van der Waals surface area contributed by atoms with E-state index in [4.69, 9.17) is 4.74 Å². The van der Waals surface area contributed by atoms with Crippen molar-refractivity contribution in [3.8, 4) is 5.75 Å². The lowest BCUT2D eigenvalue weighted by Gasteiger charge is -2.16. The molecule has 6 nitrogen and oxygen atoms in total. The number of halogens is 3. The minimum absolute atomic E-state index is 0.0766. The molecule has 2 aromatic carbocycles. The van der Waals surface area contributed by atoms with Crippen LogP contribution in [0.2, 0.25) is 0 Å². The summed E-state index contributed by atoms with van der Waals surface area (Å²) in [5.41, 5.74) is 0.369. The van der Waals surface area contributed by atoms with Crippen LogP contribution in [-0.2, 0) is 22.6 Å². The number of aromatic hydroxyl groups is 1. The average molecular weight is 430 g/mol. The second-order valence-corrected chi connectivity index (χ2v) is 6.15. The Bertz CT molecular complexity index is 817. The molecule has 0 spiro atoms. The third-order valence-corrected chi connectivity index (χ3v) is 4.04. The third kappa shape index (κ3) is 4.92. The zero-order valence-corrected chi connectivity index (χ0v) is 14.8. The molecule has 0 aliphatic heterocycles. The van der Waals surface area contributed by atoms with Gasteiger partial charge in [0, 0.05) is 6.42 Å². The summed E-state index contributed by atoms with van der Waals surface area (Å²) < 4.78 is 32.2. The SMILES string of the molecule is O=C(NC(Cc1cc(Br)c(O)c(F)c1F)C(=O)O)OCc1ccccc1. The molecule has 0 aliphatic carbocycles. The Hall–Kier alpha value is -2.68. The van der Waals surface area contributed by atoms with Crippen LogP contribution in [0, 0.1) is 11.6 Å². The maximum absolute atomic E-state index is 13.9. The summed E-state index contributed by atoms with van der Waals surface area (Å²) in [5.74, 6) is -5.28. The summed E-state index contributed by atoms with van der Waals surface area (Å²) in [5, 5.41) is 20.6. The molecule has 0 saturated carbocycles. The van der Waals surface area contributed by atoms with Gasteiger partial charge in [-0.2, -0.15) is 4.39 Å². The molecular weight excluding hydrogens is 416 g/mol. The predicted molar refractivity (Wildman–Crippen MR) is 90.6 cm³/mol. The lowest BCUT2D eigenvalue weighted by atomic mass is 10.0. The van der Waals surface area contributed by atoms with Crippen molar-refractivity contribution in [3.05, 3.63) is 63.6 Å². The van der Waals surface area contributed by atoms with Gasteiger partial charge in [0.25, 0.3) is 0 Å². The number of carboxylic acid groups (broad SMARTS) is 1. The number of hydrogen-bond donors (Lipinski definition) is 3. The molecule has 2 rings (SSSR count). The summed E-state index contributed by atoms with van der Waals surface area (Å²) in [6, 6.07) is 8.20. The molecule has 2 aromatic rings. The van der Waals surface area contributed by atoms with Gasteiger partial charge < -0.3 is 20.3 Å². The van der Waals surface area contributed by atoms with Gasteiger partial charge in [-0.3, -0.25) is 0 Å². The second kappa shape index (κ2) is 8.61. The van der Waals surface area contributed by atoms with Gasteiger partial charge in [0.05, 0.1) is 4.47 Å². The summed E-state index contributed by atoms with van der Waals surface area (Å²) in [6.45, 7) is -0.0766. The Kier molecular flexibility index (Phi) is 6.51. The minimum atomic E-state index is -1.55. The molecule has 0 radical (unpaired) electrons. The van der Waals surface area contributed by atoms with Crippen LogP contribution in [0.4, 0.5) is 13.6 Å². The fourth-order valence-corrected chi connectivity index (χ4v) is 2.56. The van der Waals surface area contributed by atoms with E-state index in [1.54, 1.807) is 30.3 Å². The van der Waals surface area contributed by atoms with Crippen LogP contribution < -0.4 is 5.32 Å². The number of carbonyl (C=O) groups excluding carboxylic acids is 1. The average Bonchev–Trinajstić information content (AvgIpc) is 2.62. The molecule has 1 atom stereocenters. The first kappa shape index (κ1) is 19.6. The highest BCUT2D eigenvalue weighted by Gasteiger charge is 2.25. The number of nitrogens with one attached hydrogen (secondary N) is 1. The van der Waals surface area contributed by atoms with Crippen molar-refractivity contribution in [1.29, 1.82) is 0 Å². The number of carboxylic acids is 1. The van der Waals surface area contributed by atoms with E-state index >= 15 is 0 Å². The Balaban J connectivity index is 2.05. The maximum atomic E-state index is 13.9. The van der Waals surface area contributed by atoms with Gasteiger partial charge in [-0.25, -0.2) is 14.0 Å². The van der Waals surface area contributed by atoms with Gasteiger partial charge in [0.15, 0.2) is 11.6 Å². The molecule has 3 N–H and O–H groups in total. The standard InChI is InChI=1S/C17H14BrF2NO5/c18-11-6-10(13(19)14(20)15(11)22)7-12(16(23)24)21-17(25)26-8-9-4-2-1-3-5-9/h1-6,12,22H,7-8H2,(H,21,25)(H,23,24). The first-order valence-corrected chi connectivity index (χ1v) is 8.14. The summed E-state index contributed by atoms with van der Waals surface area (Å²) >= 11 is 2.84. The minimum Gasteiger partial charge on any atom is -0.504 e. The zero-order chi connectivity index (χ0) is 19.3. The van der Waals surface area contributed by atoms with Gasteiger partial charge in [-0.1, -0.05) is 30.3 Å². The first-order valence-electron chi connectivity index (χ1n) is 7.35. The summed E-state index contributed by atoms with van der Waals surface area (Å²) in [7, 11) is 0. The Morgan fingerprint density at radius 1 is 1.19 bits per heavy atom. The Morgan fingerprint density at radius 3 is 2.46 bits per heavy atom. The number of benzene rings is 2. The fraction of sp³-hybridized carbons (Fsp3) is 0.176. The molecule has 0 aromatic heterocycles. The largest absolute Gasteiger partial charge is 0.504 e. The Morgan fingerprint density at radius 2 is 1.85 bits per heavy atom. The van der Waals surface area contributed by atoms with E-state index in [1.807, 2.05) is 0 Å². The van der Waals surface area contributed by atoms with E-state index in [1.165, 1.54) is 0 Å². The molecule has 1 unspecified atom stereocenters. The molecule has 0 saturated heterocycles. The lowest BCUT2D eigenvalue weighted by Crippen LogP contribution is -2.42. The predicted octanol–water partition coefficient (Wildman–Crippen LogP) is 3.36. The molecule has 0 bridgehead atoms. The highest BCUT2D eigenvalue weighted by molar-refractivity contribution is 9.10. The quantitative estimate of drug-likeness (QED) is 0.611. The van der Waals surface area contributed by atoms with E-state index in [0.29, 0.717) is 5.56 Å². The number of phenolic OH excluding ortho intramolecular Hbond substituents is 1. The molecule has 0 aliphatic rings. The highest BCUT2D eigenvalue weighted by Crippen LogP contribution is 2.31. The van der Waals surface area contributed by atoms with E-state index < -0.39 is 41.9 Å². The first-order chi connectivity index (χ1) is 12.3. The van der Waals surface area contributed by atoms with E-state index in [9.17, 15) is 28.6 Å². The van der Waals surface area contributed by atoms with E-state index in [-0.39, 0.29) is 16.6 Å². The smallest absolute Gasteiger partial charge is 0.408 e. The lowest BCUT2D eigenvalue weighted by molar-refractivity contribution is -0.139. The summed E-state index contributed by atoms with van der Waals surface area (Å²) in [4.78, 5) is 23.1. The topological polar surface area (TPSA) is 95.9 Å². The molecule has 1 amide bonds. The van der Waals surface area contributed by atoms with Crippen molar-refractivity contribution in [2.45, 2.75) is 19.1 Å². The number of aliphatic carboxylic acids is 1. The van der Waals surface area contributed by atoms with Gasteiger partial charge >= 0.3 is 12.1 Å². The number of alkyl carbamates (subject to hydrolysis) is 1. The van der Waals surface area contributed by atoms with Gasteiger partial charge in [0.1, 0.15) is 12.6 Å². The molecule has 9 heteroatoms. The van der Waals surface area contributed by atoms with E-state index in [0.717, 1.165) is 6.07 Å². The van der Waals surface area contributed by atoms with Crippen LogP contribution in [-0.4, -0.2) is 28.3 Å². The second-order valence-electron chi connectivity index (χ2n) is 5.30. The monoisotopic (exact) mass is 429 g/mol. The molecular formula is C17H14BrF2NO5. The van der Waals surface area contributed by atoms with Crippen LogP contribution in [0.3, 0.4) is 0 Å². The van der Waals surface area contributed by atoms with Crippen molar-refractivity contribution in [2.75, 3.05) is 0 Å². The normalized spacial score (nSPS) is 11.7. The number of rotatable bonds is 6. The van der Waals surface area contributed by atoms with Crippen molar-refractivity contribution in [1.82, 2.24) is 5.32 Å². The number of ether oxygens (including phenoxy) is 1. The van der Waals surface area contributed by atoms with Crippen LogP contribution in [0.25, 0.3) is 0 Å². The van der Waals surface area contributed by atoms with Crippen LogP contribution >= 0.6 is 15.9 Å². The molecule has 0 heterocycles. The highest BCUT2D eigenvalue weighted by atomic mass is 79.9. The zero-order valence-electron chi connectivity index (χ0n) is 13.2. The van der Waals surface area contributed by atoms with Crippen LogP contribution in [0.15, 0.2) is 40.9 Å². The maximum Gasteiger partial charge on any atom is 0.408 e. The molecule has 26 heavy (non-hydrogen) atoms. The Labute approximate surface area is 155 Å². The van der Waals surface area contributed by atoms with Gasteiger partial charge in [-0.05, 0) is 33.1 Å². The van der Waals surface area contributed by atoms with E-state index in [2.05, 4.69) is 21.2 Å². The van der Waals surface area contributed by atoms with Crippen molar-refractivity contribution < 1.29 is 33.3 Å². The number of hydrogen-bond acceptors (Lipinski definition) is 4. The summed E-state index contributed by atoms with van der Waals surface area (Å²) in [6.07, 6.45) is -1.56. The number of phenols is 1. The fourth-order valence-electron chi connectivity index (χ4n) is 2.11. The number of carbonyl (C=O) groups is 2. The van der Waals surface area contributed by atoms with Gasteiger partial charge in [-0.15, -0.1) is 0 Å². The van der Waals surface area contributed by atoms with Crippen LogP contribution in [0.5, 0.6) is 5.75 Å². The van der Waals surface area contributed by atoms with Crippen molar-refractivity contribution in [2.24, 2.45) is 0 Å². The molecule has 0 fully saturated rings. The molecule has 138 valence electrons. The van der Waals surface area contributed by atoms with Crippen LogP contribution in [0.1, 0.15) is 11.1 Å². The van der Waals surface area contributed by atoms with Gasteiger partial charge in [0.2, 0.25) is 5.82 Å². The van der Waals surface area contributed by atoms with Crippen molar-refractivity contribution >= 4 is 28.0 Å². The number of amides is 1. The third-order valence-electron chi connectivity index (χ3n) is 3.44.